The molecule has 0 fully saturated rings. The summed E-state index contributed by atoms with van der Waals surface area (Å²) < 4.78 is 16.6. The molecule has 0 heterocycles. The Hall–Kier alpha value is -3.93. The zero-order chi connectivity index (χ0) is 40.8. The minimum absolute atomic E-state index is 0.117. The largest absolute Gasteiger partial charge is 0.462 e. The second-order valence-electron chi connectivity index (χ2n) is 14.0. The third-order valence-corrected chi connectivity index (χ3v) is 8.61. The Morgan fingerprint density at radius 2 is 0.786 bits per heavy atom. The Balaban J connectivity index is 4.54. The van der Waals surface area contributed by atoms with Gasteiger partial charge in [-0.2, -0.15) is 0 Å². The number of carbonyl (C=O) groups is 3. The van der Waals surface area contributed by atoms with Crippen LogP contribution in [0.15, 0.2) is 109 Å². The van der Waals surface area contributed by atoms with Crippen LogP contribution < -0.4 is 0 Å². The number of hydrogen-bond donors (Lipinski definition) is 0. The zero-order valence-corrected chi connectivity index (χ0v) is 35.6. The molecule has 0 aliphatic carbocycles. The van der Waals surface area contributed by atoms with Crippen LogP contribution in [0.1, 0.15) is 168 Å². The van der Waals surface area contributed by atoms with Gasteiger partial charge in [-0.05, 0) is 89.9 Å². The van der Waals surface area contributed by atoms with Gasteiger partial charge in [0.15, 0.2) is 6.10 Å². The van der Waals surface area contributed by atoms with Crippen molar-refractivity contribution < 1.29 is 28.6 Å². The number of ether oxygens (including phenoxy) is 3. The minimum Gasteiger partial charge on any atom is -0.462 e. The molecule has 0 radical (unpaired) electrons. The quantitative estimate of drug-likeness (QED) is 0.0206. The van der Waals surface area contributed by atoms with Crippen LogP contribution in [0.5, 0.6) is 0 Å². The molecule has 0 saturated carbocycles. The molecule has 6 nitrogen and oxygen atoms in total. The molecule has 314 valence electrons. The first kappa shape index (κ1) is 52.1. The van der Waals surface area contributed by atoms with E-state index in [1.54, 1.807) is 0 Å². The summed E-state index contributed by atoms with van der Waals surface area (Å²) in [5, 5.41) is 0. The molecule has 0 aromatic rings. The van der Waals surface area contributed by atoms with Gasteiger partial charge in [0.1, 0.15) is 13.2 Å². The van der Waals surface area contributed by atoms with Crippen molar-refractivity contribution in [1.29, 1.82) is 0 Å². The van der Waals surface area contributed by atoms with Crippen molar-refractivity contribution in [3.63, 3.8) is 0 Å². The summed E-state index contributed by atoms with van der Waals surface area (Å²) >= 11 is 0. The van der Waals surface area contributed by atoms with Gasteiger partial charge in [0.2, 0.25) is 0 Å². The van der Waals surface area contributed by atoms with E-state index >= 15 is 0 Å². The fourth-order valence-electron chi connectivity index (χ4n) is 5.32. The number of hydrogen-bond acceptors (Lipinski definition) is 6. The number of rotatable bonds is 37. The van der Waals surface area contributed by atoms with E-state index < -0.39 is 6.10 Å². The first-order valence-electron chi connectivity index (χ1n) is 22.0. The number of carbonyl (C=O) groups excluding carboxylic acids is 3. The molecule has 0 aliphatic heterocycles. The molecular formula is C50H78O6. The van der Waals surface area contributed by atoms with Crippen LogP contribution >= 0.6 is 0 Å². The van der Waals surface area contributed by atoms with Crippen molar-refractivity contribution in [2.24, 2.45) is 0 Å². The lowest BCUT2D eigenvalue weighted by Crippen LogP contribution is -2.30. The van der Waals surface area contributed by atoms with Gasteiger partial charge in [0, 0.05) is 19.3 Å². The molecule has 0 rings (SSSR count). The van der Waals surface area contributed by atoms with Crippen LogP contribution in [0.3, 0.4) is 0 Å². The van der Waals surface area contributed by atoms with E-state index in [2.05, 4.69) is 106 Å². The predicted molar refractivity (Wildman–Crippen MR) is 237 cm³/mol. The second kappa shape index (κ2) is 43.8. The normalized spacial score (nSPS) is 13.1. The zero-order valence-electron chi connectivity index (χ0n) is 35.6. The van der Waals surface area contributed by atoms with Gasteiger partial charge in [-0.15, -0.1) is 0 Å². The summed E-state index contributed by atoms with van der Waals surface area (Å²) in [6.07, 6.45) is 57.9. The molecule has 0 aromatic heterocycles. The monoisotopic (exact) mass is 775 g/mol. The van der Waals surface area contributed by atoms with E-state index in [1.807, 2.05) is 24.3 Å². The smallest absolute Gasteiger partial charge is 0.306 e. The third kappa shape index (κ3) is 41.2. The summed E-state index contributed by atoms with van der Waals surface area (Å²) in [6, 6.07) is 0. The molecule has 0 aliphatic rings. The maximum atomic E-state index is 12.7. The van der Waals surface area contributed by atoms with E-state index in [-0.39, 0.29) is 37.5 Å². The van der Waals surface area contributed by atoms with Crippen LogP contribution in [0.2, 0.25) is 0 Å². The van der Waals surface area contributed by atoms with Gasteiger partial charge in [-0.25, -0.2) is 0 Å². The van der Waals surface area contributed by atoms with Crippen LogP contribution in [0.25, 0.3) is 0 Å². The van der Waals surface area contributed by atoms with Gasteiger partial charge in [0.25, 0.3) is 0 Å². The van der Waals surface area contributed by atoms with Crippen LogP contribution in [-0.2, 0) is 28.6 Å². The summed E-state index contributed by atoms with van der Waals surface area (Å²) in [5.74, 6) is -1.02. The highest BCUT2D eigenvalue weighted by atomic mass is 16.6. The third-order valence-electron chi connectivity index (χ3n) is 8.61. The Bertz CT molecular complexity index is 1210. The summed E-state index contributed by atoms with van der Waals surface area (Å²) in [5.41, 5.74) is 0. The van der Waals surface area contributed by atoms with Crippen LogP contribution in [0.4, 0.5) is 0 Å². The lowest BCUT2D eigenvalue weighted by atomic mass is 10.1. The fourth-order valence-corrected chi connectivity index (χ4v) is 5.32. The summed E-state index contributed by atoms with van der Waals surface area (Å²) in [4.78, 5) is 37.7. The molecule has 0 bridgehead atoms. The average molecular weight is 775 g/mol. The lowest BCUT2D eigenvalue weighted by molar-refractivity contribution is -0.167. The van der Waals surface area contributed by atoms with Crippen LogP contribution in [-0.4, -0.2) is 37.2 Å². The molecule has 1 atom stereocenters. The van der Waals surface area contributed by atoms with Gasteiger partial charge in [-0.3, -0.25) is 14.4 Å². The Morgan fingerprint density at radius 1 is 0.393 bits per heavy atom. The maximum Gasteiger partial charge on any atom is 0.306 e. The maximum absolute atomic E-state index is 12.7. The van der Waals surface area contributed by atoms with Crippen molar-refractivity contribution in [1.82, 2.24) is 0 Å². The fraction of sp³-hybridized carbons (Fsp3) is 0.580. The minimum atomic E-state index is -0.818. The Labute approximate surface area is 342 Å². The molecule has 6 heteroatoms. The molecular weight excluding hydrogens is 697 g/mol. The van der Waals surface area contributed by atoms with E-state index in [9.17, 15) is 14.4 Å². The number of unbranched alkanes of at least 4 members (excludes halogenated alkanes) is 12. The standard InChI is InChI=1S/C50H78O6/c1-4-7-10-13-16-19-22-24-25-26-29-31-34-37-40-43-49(52)55-46-47(45-54-48(51)42-39-36-33-30-27-21-18-15-12-9-6-3)56-50(53)44-41-38-35-32-28-23-20-17-14-11-8-5-2/h7-8,10-11,13,15-22,24-25,27-28,32,47H,4-6,9,12,14,23,26,29-31,33-46H2,1-3H3/b10-7-,11-8-,16-13-,18-15-,20-17-,22-19-,25-24-,27-21-,32-28-. The first-order chi connectivity index (χ1) is 27.5. The first-order valence-corrected chi connectivity index (χ1v) is 22.0. The molecule has 1 unspecified atom stereocenters. The van der Waals surface area contributed by atoms with Crippen molar-refractivity contribution >= 4 is 17.9 Å². The Kier molecular flexibility index (Phi) is 40.7. The topological polar surface area (TPSA) is 78.9 Å². The molecule has 0 amide bonds. The van der Waals surface area contributed by atoms with Gasteiger partial charge in [0.05, 0.1) is 0 Å². The van der Waals surface area contributed by atoms with Crippen LogP contribution in [0, 0.1) is 0 Å². The molecule has 0 aromatic carbocycles. The average Bonchev–Trinajstić information content (AvgIpc) is 3.19. The van der Waals surface area contributed by atoms with Crippen molar-refractivity contribution in [3.8, 4) is 0 Å². The van der Waals surface area contributed by atoms with E-state index in [1.165, 1.54) is 12.8 Å². The number of allylic oxidation sites excluding steroid dienone is 18. The molecule has 0 saturated heterocycles. The highest BCUT2D eigenvalue weighted by Gasteiger charge is 2.19. The summed E-state index contributed by atoms with van der Waals surface area (Å²) in [7, 11) is 0. The van der Waals surface area contributed by atoms with Gasteiger partial charge < -0.3 is 14.2 Å². The van der Waals surface area contributed by atoms with Gasteiger partial charge in [-0.1, -0.05) is 169 Å². The summed E-state index contributed by atoms with van der Waals surface area (Å²) in [6.45, 7) is 6.21. The SMILES string of the molecule is CC\C=C/C=C\C=C/C=C\CCCCCCCC(=O)OCC(COC(=O)CCCCC/C=C\C=C/CCCC)OC(=O)CCCC/C=C\C/C=C\C/C=C\CC. The predicted octanol–water partition coefficient (Wildman–Crippen LogP) is 14.0. The lowest BCUT2D eigenvalue weighted by Gasteiger charge is -2.18. The highest BCUT2D eigenvalue weighted by molar-refractivity contribution is 5.71. The van der Waals surface area contributed by atoms with E-state index in [0.29, 0.717) is 19.3 Å². The van der Waals surface area contributed by atoms with E-state index in [0.717, 1.165) is 109 Å². The highest BCUT2D eigenvalue weighted by Crippen LogP contribution is 2.11. The van der Waals surface area contributed by atoms with E-state index in [4.69, 9.17) is 14.2 Å². The molecule has 0 spiro atoms. The molecule has 0 N–H and O–H groups in total. The number of esters is 3. The Morgan fingerprint density at radius 3 is 1.38 bits per heavy atom. The molecule has 56 heavy (non-hydrogen) atoms. The van der Waals surface area contributed by atoms with Crippen molar-refractivity contribution in [2.75, 3.05) is 13.2 Å². The second-order valence-corrected chi connectivity index (χ2v) is 14.0. The van der Waals surface area contributed by atoms with Crippen molar-refractivity contribution in [3.05, 3.63) is 109 Å². The van der Waals surface area contributed by atoms with Crippen molar-refractivity contribution in [2.45, 2.75) is 175 Å². The van der Waals surface area contributed by atoms with Gasteiger partial charge >= 0.3 is 17.9 Å².